The zero-order chi connectivity index (χ0) is 17.4. The number of amides is 1. The molecule has 1 aliphatic heterocycles. The van der Waals surface area contributed by atoms with Gasteiger partial charge in [-0.05, 0) is 48.7 Å². The Balaban J connectivity index is 1.47. The van der Waals surface area contributed by atoms with Gasteiger partial charge in [0.2, 0.25) is 0 Å². The molecule has 2 aromatic carbocycles. The molecule has 4 rings (SSSR count). The third kappa shape index (κ3) is 3.04. The van der Waals surface area contributed by atoms with Crippen LogP contribution >= 0.6 is 0 Å². The van der Waals surface area contributed by atoms with Crippen LogP contribution in [0.25, 0.3) is 0 Å². The Labute approximate surface area is 143 Å². The van der Waals surface area contributed by atoms with Crippen molar-refractivity contribution in [2.24, 2.45) is 0 Å². The van der Waals surface area contributed by atoms with Gasteiger partial charge in [0.05, 0.1) is 0 Å². The zero-order valence-corrected chi connectivity index (χ0v) is 13.5. The molecule has 130 valence electrons. The van der Waals surface area contributed by atoms with E-state index in [4.69, 9.17) is 9.47 Å². The van der Waals surface area contributed by atoms with E-state index in [1.165, 1.54) is 6.07 Å². The molecule has 4 nitrogen and oxygen atoms in total. The number of ether oxygens (including phenoxy) is 2. The molecule has 1 fully saturated rings. The summed E-state index contributed by atoms with van der Waals surface area (Å²) in [6.45, 7) is 1.50. The summed E-state index contributed by atoms with van der Waals surface area (Å²) in [6, 6.07) is 8.99. The minimum atomic E-state index is -1.03. The van der Waals surface area contributed by atoms with Crippen molar-refractivity contribution in [3.63, 3.8) is 0 Å². The number of carbonyl (C=O) groups is 1. The second-order valence-corrected chi connectivity index (χ2v) is 6.45. The fourth-order valence-corrected chi connectivity index (χ4v) is 3.08. The zero-order valence-electron chi connectivity index (χ0n) is 13.5. The first-order valence-corrected chi connectivity index (χ1v) is 8.21. The number of carbonyl (C=O) groups excluding carboxylic acids is 1. The molecule has 0 saturated heterocycles. The van der Waals surface area contributed by atoms with Gasteiger partial charge in [0.1, 0.15) is 13.2 Å². The molecular formula is C19H17F2NO3. The van der Waals surface area contributed by atoms with Crippen LogP contribution in [0.3, 0.4) is 0 Å². The molecule has 1 aliphatic carbocycles. The Morgan fingerprint density at radius 1 is 1.00 bits per heavy atom. The highest BCUT2D eigenvalue weighted by molar-refractivity contribution is 5.94. The summed E-state index contributed by atoms with van der Waals surface area (Å²) >= 11 is 0. The van der Waals surface area contributed by atoms with Gasteiger partial charge in [0.25, 0.3) is 5.91 Å². The van der Waals surface area contributed by atoms with Crippen molar-refractivity contribution < 1.29 is 23.0 Å². The normalized spacial score (nSPS) is 17.0. The van der Waals surface area contributed by atoms with Gasteiger partial charge in [-0.15, -0.1) is 0 Å². The quantitative estimate of drug-likeness (QED) is 0.926. The average Bonchev–Trinajstić information content (AvgIpc) is 3.43. The molecule has 2 aliphatic rings. The summed E-state index contributed by atoms with van der Waals surface area (Å²) in [6.07, 6.45) is 1.90. The summed E-state index contributed by atoms with van der Waals surface area (Å²) < 4.78 is 37.4. The summed E-state index contributed by atoms with van der Waals surface area (Å²) in [5.74, 6) is -0.951. The molecule has 0 atom stereocenters. The molecule has 0 bridgehead atoms. The van der Waals surface area contributed by atoms with E-state index in [1.807, 2.05) is 18.2 Å². The van der Waals surface area contributed by atoms with E-state index in [1.54, 1.807) is 0 Å². The molecular weight excluding hydrogens is 328 g/mol. The van der Waals surface area contributed by atoms with Crippen molar-refractivity contribution in [1.29, 1.82) is 0 Å². The third-order valence-electron chi connectivity index (χ3n) is 4.78. The number of hydrogen-bond donors (Lipinski definition) is 1. The van der Waals surface area contributed by atoms with E-state index in [0.717, 1.165) is 42.0 Å². The number of rotatable bonds is 4. The van der Waals surface area contributed by atoms with Crippen LogP contribution in [0.5, 0.6) is 11.5 Å². The molecule has 25 heavy (non-hydrogen) atoms. The number of fused-ring (bicyclic) bond motifs is 1. The van der Waals surface area contributed by atoms with Crippen molar-refractivity contribution >= 4 is 5.91 Å². The second-order valence-electron chi connectivity index (χ2n) is 6.45. The van der Waals surface area contributed by atoms with Gasteiger partial charge < -0.3 is 14.8 Å². The summed E-state index contributed by atoms with van der Waals surface area (Å²) in [4.78, 5) is 12.2. The summed E-state index contributed by atoms with van der Waals surface area (Å²) in [5.41, 5.74) is 1.06. The van der Waals surface area contributed by atoms with Gasteiger partial charge in [-0.2, -0.15) is 0 Å². The first-order chi connectivity index (χ1) is 12.1. The fourth-order valence-electron chi connectivity index (χ4n) is 3.08. The van der Waals surface area contributed by atoms with Crippen LogP contribution in [0.15, 0.2) is 36.4 Å². The SMILES string of the molecule is O=C(NCC1(c2ccc3c(c2)OCCO3)CC1)c1ccc(F)c(F)c1. The largest absolute Gasteiger partial charge is 0.486 e. The van der Waals surface area contributed by atoms with E-state index in [2.05, 4.69) is 5.32 Å². The fraction of sp³-hybridized carbons (Fsp3) is 0.316. The van der Waals surface area contributed by atoms with Gasteiger partial charge >= 0.3 is 0 Å². The van der Waals surface area contributed by atoms with Gasteiger partial charge in [-0.25, -0.2) is 8.78 Å². The average molecular weight is 345 g/mol. The standard InChI is InChI=1S/C19H17F2NO3/c20-14-3-1-12(9-15(14)21)18(23)22-11-19(5-6-19)13-2-4-16-17(10-13)25-8-7-24-16/h1-4,9-10H,5-8,11H2,(H,22,23). The predicted octanol–water partition coefficient (Wildman–Crippen LogP) is 3.20. The van der Waals surface area contributed by atoms with Gasteiger partial charge in [0, 0.05) is 17.5 Å². The molecule has 6 heteroatoms. The van der Waals surface area contributed by atoms with Gasteiger partial charge in [-0.1, -0.05) is 6.07 Å². The van der Waals surface area contributed by atoms with Crippen LogP contribution in [-0.2, 0) is 5.41 Å². The number of hydrogen-bond acceptors (Lipinski definition) is 3. The predicted molar refractivity (Wildman–Crippen MR) is 87.0 cm³/mol. The maximum Gasteiger partial charge on any atom is 0.251 e. The lowest BCUT2D eigenvalue weighted by Crippen LogP contribution is -2.32. The van der Waals surface area contributed by atoms with Gasteiger partial charge in [-0.3, -0.25) is 4.79 Å². The lowest BCUT2D eigenvalue weighted by molar-refractivity contribution is 0.0949. The maximum atomic E-state index is 13.3. The van der Waals surface area contributed by atoms with E-state index < -0.39 is 17.5 Å². The van der Waals surface area contributed by atoms with E-state index in [9.17, 15) is 13.6 Å². The molecule has 0 unspecified atom stereocenters. The number of halogens is 2. The Kier molecular flexibility index (Phi) is 3.82. The molecule has 0 aromatic heterocycles. The molecule has 0 spiro atoms. The van der Waals surface area contributed by atoms with Crippen LogP contribution < -0.4 is 14.8 Å². The first-order valence-electron chi connectivity index (χ1n) is 8.21. The monoisotopic (exact) mass is 345 g/mol. The van der Waals surface area contributed by atoms with E-state index in [0.29, 0.717) is 19.8 Å². The summed E-state index contributed by atoms with van der Waals surface area (Å²) in [7, 11) is 0. The summed E-state index contributed by atoms with van der Waals surface area (Å²) in [5, 5.41) is 2.83. The Morgan fingerprint density at radius 2 is 1.76 bits per heavy atom. The Hall–Kier alpha value is -2.63. The Bertz CT molecular complexity index is 833. The highest BCUT2D eigenvalue weighted by atomic mass is 19.2. The third-order valence-corrected chi connectivity index (χ3v) is 4.78. The number of nitrogens with one attached hydrogen (secondary N) is 1. The van der Waals surface area contributed by atoms with Crippen LogP contribution in [0.1, 0.15) is 28.8 Å². The first kappa shape index (κ1) is 15.9. The van der Waals surface area contributed by atoms with Crippen LogP contribution in [0.2, 0.25) is 0 Å². The minimum Gasteiger partial charge on any atom is -0.486 e. The van der Waals surface area contributed by atoms with Crippen molar-refractivity contribution in [1.82, 2.24) is 5.32 Å². The number of benzene rings is 2. The topological polar surface area (TPSA) is 47.6 Å². The molecule has 1 N–H and O–H groups in total. The van der Waals surface area contributed by atoms with Crippen molar-refractivity contribution in [2.45, 2.75) is 18.3 Å². The molecule has 1 amide bonds. The molecule has 1 heterocycles. The van der Waals surface area contributed by atoms with Crippen molar-refractivity contribution in [2.75, 3.05) is 19.8 Å². The molecule has 2 aromatic rings. The van der Waals surface area contributed by atoms with Crippen LogP contribution in [-0.4, -0.2) is 25.7 Å². The van der Waals surface area contributed by atoms with Crippen molar-refractivity contribution in [3.05, 3.63) is 59.2 Å². The Morgan fingerprint density at radius 3 is 2.48 bits per heavy atom. The molecule has 1 saturated carbocycles. The minimum absolute atomic E-state index is 0.108. The van der Waals surface area contributed by atoms with Crippen molar-refractivity contribution in [3.8, 4) is 11.5 Å². The molecule has 0 radical (unpaired) electrons. The van der Waals surface area contributed by atoms with Gasteiger partial charge in [0.15, 0.2) is 23.1 Å². The van der Waals surface area contributed by atoms with E-state index in [-0.39, 0.29) is 11.0 Å². The van der Waals surface area contributed by atoms with Crippen LogP contribution in [0, 0.1) is 11.6 Å². The maximum absolute atomic E-state index is 13.3. The smallest absolute Gasteiger partial charge is 0.251 e. The lowest BCUT2D eigenvalue weighted by Gasteiger charge is -2.22. The second kappa shape index (κ2) is 6.02. The highest BCUT2D eigenvalue weighted by Gasteiger charge is 2.45. The van der Waals surface area contributed by atoms with E-state index >= 15 is 0 Å². The highest BCUT2D eigenvalue weighted by Crippen LogP contribution is 2.49. The lowest BCUT2D eigenvalue weighted by atomic mass is 9.95. The van der Waals surface area contributed by atoms with Crippen LogP contribution in [0.4, 0.5) is 8.78 Å².